The Labute approximate surface area is 186 Å². The molecule has 0 saturated heterocycles. The van der Waals surface area contributed by atoms with Gasteiger partial charge < -0.3 is 15.0 Å². The van der Waals surface area contributed by atoms with Crippen molar-refractivity contribution in [3.05, 3.63) is 63.9 Å². The fourth-order valence-electron chi connectivity index (χ4n) is 2.65. The molecular weight excluding hydrogens is 430 g/mol. The van der Waals surface area contributed by atoms with E-state index < -0.39 is 17.8 Å². The van der Waals surface area contributed by atoms with E-state index in [-0.39, 0.29) is 25.0 Å². The van der Waals surface area contributed by atoms with E-state index in [1.165, 1.54) is 29.2 Å². The lowest BCUT2D eigenvalue weighted by atomic mass is 10.1. The van der Waals surface area contributed by atoms with Crippen LogP contribution in [-0.2, 0) is 16.1 Å². The first-order valence-electron chi connectivity index (χ1n) is 9.57. The summed E-state index contributed by atoms with van der Waals surface area (Å²) in [7, 11) is 0. The minimum Gasteiger partial charge on any atom is -0.484 e. The van der Waals surface area contributed by atoms with Gasteiger partial charge >= 0.3 is 0 Å². The Hall–Kier alpha value is -2.31. The lowest BCUT2D eigenvalue weighted by Crippen LogP contribution is -2.49. The standard InChI is InChI=1S/C22H25Cl2FN2O3/c1-14(2)11-26-22(29)15(3)27(12-18-19(23)5-4-6-20(18)24)21(28)13-30-17-9-7-16(25)8-10-17/h4-10,14-15H,11-13H2,1-3H3,(H,26,29). The maximum absolute atomic E-state index is 13.1. The number of nitrogens with one attached hydrogen (secondary N) is 1. The first kappa shape index (κ1) is 24.0. The fraction of sp³-hybridized carbons (Fsp3) is 0.364. The summed E-state index contributed by atoms with van der Waals surface area (Å²) in [4.78, 5) is 26.9. The summed E-state index contributed by atoms with van der Waals surface area (Å²) in [6.45, 7) is 5.80. The minimum absolute atomic E-state index is 0.0420. The van der Waals surface area contributed by atoms with Crippen molar-refractivity contribution in [1.29, 1.82) is 0 Å². The molecule has 5 nitrogen and oxygen atoms in total. The zero-order valence-electron chi connectivity index (χ0n) is 17.1. The maximum atomic E-state index is 13.1. The smallest absolute Gasteiger partial charge is 0.261 e. The second kappa shape index (κ2) is 11.2. The van der Waals surface area contributed by atoms with Crippen LogP contribution in [0.15, 0.2) is 42.5 Å². The highest BCUT2D eigenvalue weighted by Gasteiger charge is 2.27. The van der Waals surface area contributed by atoms with Crippen molar-refractivity contribution in [2.75, 3.05) is 13.2 Å². The van der Waals surface area contributed by atoms with Crippen LogP contribution in [0.5, 0.6) is 5.75 Å². The first-order valence-corrected chi connectivity index (χ1v) is 10.3. The van der Waals surface area contributed by atoms with Gasteiger partial charge in [-0.3, -0.25) is 9.59 Å². The zero-order chi connectivity index (χ0) is 22.3. The Morgan fingerprint density at radius 3 is 2.23 bits per heavy atom. The van der Waals surface area contributed by atoms with Crippen molar-refractivity contribution in [3.8, 4) is 5.75 Å². The lowest BCUT2D eigenvalue weighted by molar-refractivity contribution is -0.142. The van der Waals surface area contributed by atoms with E-state index in [1.54, 1.807) is 25.1 Å². The summed E-state index contributed by atoms with van der Waals surface area (Å²) in [6, 6.07) is 9.60. The Bertz CT molecular complexity index is 855. The molecule has 0 bridgehead atoms. The molecule has 1 N–H and O–H groups in total. The molecule has 0 aromatic heterocycles. The highest BCUT2D eigenvalue weighted by molar-refractivity contribution is 6.36. The number of rotatable bonds is 9. The molecule has 0 fully saturated rings. The van der Waals surface area contributed by atoms with Crippen LogP contribution in [0.4, 0.5) is 4.39 Å². The van der Waals surface area contributed by atoms with Crippen molar-refractivity contribution >= 4 is 35.0 Å². The van der Waals surface area contributed by atoms with E-state index in [9.17, 15) is 14.0 Å². The van der Waals surface area contributed by atoms with Crippen molar-refractivity contribution in [3.63, 3.8) is 0 Å². The number of carbonyl (C=O) groups is 2. The third-order valence-corrected chi connectivity index (χ3v) is 5.13. The molecule has 0 aliphatic rings. The second-order valence-corrected chi connectivity index (χ2v) is 8.09. The van der Waals surface area contributed by atoms with E-state index in [2.05, 4.69) is 5.32 Å². The molecule has 0 radical (unpaired) electrons. The van der Waals surface area contributed by atoms with Gasteiger partial charge in [0.15, 0.2) is 6.61 Å². The summed E-state index contributed by atoms with van der Waals surface area (Å²) in [6.07, 6.45) is 0. The fourth-order valence-corrected chi connectivity index (χ4v) is 3.16. The molecule has 1 atom stereocenters. The van der Waals surface area contributed by atoms with Crippen LogP contribution >= 0.6 is 23.2 Å². The molecule has 2 rings (SSSR count). The lowest BCUT2D eigenvalue weighted by Gasteiger charge is -2.29. The molecule has 0 spiro atoms. The number of hydrogen-bond donors (Lipinski definition) is 1. The van der Waals surface area contributed by atoms with Crippen molar-refractivity contribution < 1.29 is 18.7 Å². The van der Waals surface area contributed by atoms with Crippen LogP contribution in [-0.4, -0.2) is 35.9 Å². The highest BCUT2D eigenvalue weighted by atomic mass is 35.5. The van der Waals surface area contributed by atoms with Gasteiger partial charge in [-0.1, -0.05) is 43.1 Å². The second-order valence-electron chi connectivity index (χ2n) is 7.28. The number of ether oxygens (including phenoxy) is 1. The predicted octanol–water partition coefficient (Wildman–Crippen LogP) is 4.70. The maximum Gasteiger partial charge on any atom is 0.261 e. The molecule has 2 aromatic carbocycles. The Balaban J connectivity index is 2.19. The van der Waals surface area contributed by atoms with Gasteiger partial charge in [-0.2, -0.15) is 0 Å². The molecule has 30 heavy (non-hydrogen) atoms. The van der Waals surface area contributed by atoms with Gasteiger partial charge in [-0.15, -0.1) is 0 Å². The molecule has 162 valence electrons. The molecule has 0 aliphatic heterocycles. The molecule has 2 aromatic rings. The molecule has 0 saturated carbocycles. The van der Waals surface area contributed by atoms with Crippen LogP contribution in [0.1, 0.15) is 26.3 Å². The van der Waals surface area contributed by atoms with Gasteiger partial charge in [-0.25, -0.2) is 4.39 Å². The number of halogens is 3. The monoisotopic (exact) mass is 454 g/mol. The third-order valence-electron chi connectivity index (χ3n) is 4.42. The average molecular weight is 455 g/mol. The summed E-state index contributed by atoms with van der Waals surface area (Å²) in [5.74, 6) is -0.508. The molecule has 0 heterocycles. The Morgan fingerprint density at radius 1 is 1.07 bits per heavy atom. The SMILES string of the molecule is CC(C)CNC(=O)C(C)N(Cc1c(Cl)cccc1Cl)C(=O)COc1ccc(F)cc1. The van der Waals surface area contributed by atoms with Gasteiger partial charge in [-0.05, 0) is 49.2 Å². The van der Waals surface area contributed by atoms with Crippen molar-refractivity contribution in [1.82, 2.24) is 10.2 Å². The van der Waals surface area contributed by atoms with E-state index >= 15 is 0 Å². The predicted molar refractivity (Wildman–Crippen MR) is 116 cm³/mol. The van der Waals surface area contributed by atoms with Gasteiger partial charge in [0, 0.05) is 28.7 Å². The quantitative estimate of drug-likeness (QED) is 0.597. The normalized spacial score (nSPS) is 11.8. The summed E-state index contributed by atoms with van der Waals surface area (Å²) < 4.78 is 18.5. The Morgan fingerprint density at radius 2 is 1.67 bits per heavy atom. The summed E-state index contributed by atoms with van der Waals surface area (Å²) in [5.41, 5.74) is 0.541. The van der Waals surface area contributed by atoms with Crippen molar-refractivity contribution in [2.45, 2.75) is 33.4 Å². The molecular formula is C22H25Cl2FN2O3. The summed E-state index contributed by atoms with van der Waals surface area (Å²) in [5, 5.41) is 3.63. The van der Waals surface area contributed by atoms with Gasteiger partial charge in [0.25, 0.3) is 5.91 Å². The van der Waals surface area contributed by atoms with E-state index in [4.69, 9.17) is 27.9 Å². The van der Waals surface area contributed by atoms with E-state index in [1.807, 2.05) is 13.8 Å². The summed E-state index contributed by atoms with van der Waals surface area (Å²) >= 11 is 12.5. The number of carbonyl (C=O) groups excluding carboxylic acids is 2. The molecule has 8 heteroatoms. The Kier molecular flexibility index (Phi) is 8.93. The number of nitrogens with zero attached hydrogens (tertiary/aromatic N) is 1. The average Bonchev–Trinajstić information content (AvgIpc) is 2.70. The zero-order valence-corrected chi connectivity index (χ0v) is 18.6. The molecule has 1 unspecified atom stereocenters. The number of hydrogen-bond acceptors (Lipinski definition) is 3. The van der Waals surface area contributed by atoms with Gasteiger partial charge in [0.1, 0.15) is 17.6 Å². The number of amides is 2. The van der Waals surface area contributed by atoms with Crippen molar-refractivity contribution in [2.24, 2.45) is 5.92 Å². The minimum atomic E-state index is -0.777. The van der Waals surface area contributed by atoms with Crippen LogP contribution in [0.3, 0.4) is 0 Å². The van der Waals surface area contributed by atoms with Crippen LogP contribution in [0, 0.1) is 11.7 Å². The van der Waals surface area contributed by atoms with Crippen LogP contribution in [0.25, 0.3) is 0 Å². The first-order chi connectivity index (χ1) is 14.2. The van der Waals surface area contributed by atoms with Crippen LogP contribution in [0.2, 0.25) is 10.0 Å². The van der Waals surface area contributed by atoms with Crippen LogP contribution < -0.4 is 10.1 Å². The van der Waals surface area contributed by atoms with E-state index in [0.29, 0.717) is 27.9 Å². The topological polar surface area (TPSA) is 58.6 Å². The van der Waals surface area contributed by atoms with Gasteiger partial charge in [0.2, 0.25) is 5.91 Å². The molecule has 0 aliphatic carbocycles. The third kappa shape index (κ3) is 6.89. The van der Waals surface area contributed by atoms with E-state index in [0.717, 1.165) is 0 Å². The molecule has 2 amide bonds. The highest BCUT2D eigenvalue weighted by Crippen LogP contribution is 2.26. The number of benzene rings is 2. The largest absolute Gasteiger partial charge is 0.484 e. The van der Waals surface area contributed by atoms with Gasteiger partial charge in [0.05, 0.1) is 0 Å².